The SMILES string of the molecule is COCCO[C@H]1CN[C@@H](C)C1. The Labute approximate surface area is 68.1 Å². The maximum Gasteiger partial charge on any atom is 0.0715 e. The quantitative estimate of drug-likeness (QED) is 0.602. The number of ether oxygens (including phenoxy) is 2. The zero-order valence-corrected chi connectivity index (χ0v) is 7.30. The van der Waals surface area contributed by atoms with Gasteiger partial charge in [0.05, 0.1) is 19.3 Å². The van der Waals surface area contributed by atoms with Crippen molar-refractivity contribution >= 4 is 0 Å². The highest BCUT2D eigenvalue weighted by molar-refractivity contribution is 4.78. The normalized spacial score (nSPS) is 31.1. The molecule has 1 N–H and O–H groups in total. The van der Waals surface area contributed by atoms with E-state index in [1.807, 2.05) is 0 Å². The summed E-state index contributed by atoms with van der Waals surface area (Å²) in [4.78, 5) is 0. The Hall–Kier alpha value is -0.120. The molecule has 1 heterocycles. The molecule has 0 amide bonds. The molecule has 0 saturated carbocycles. The molecule has 1 saturated heterocycles. The monoisotopic (exact) mass is 159 g/mol. The fraction of sp³-hybridized carbons (Fsp3) is 1.00. The van der Waals surface area contributed by atoms with E-state index in [2.05, 4.69) is 12.2 Å². The molecule has 1 rings (SSSR count). The molecule has 3 nitrogen and oxygen atoms in total. The van der Waals surface area contributed by atoms with Gasteiger partial charge in [-0.2, -0.15) is 0 Å². The van der Waals surface area contributed by atoms with Crippen LogP contribution in [0.15, 0.2) is 0 Å². The van der Waals surface area contributed by atoms with Crippen LogP contribution in [0.25, 0.3) is 0 Å². The van der Waals surface area contributed by atoms with E-state index in [-0.39, 0.29) is 0 Å². The van der Waals surface area contributed by atoms with E-state index in [9.17, 15) is 0 Å². The lowest BCUT2D eigenvalue weighted by molar-refractivity contribution is 0.0263. The van der Waals surface area contributed by atoms with Gasteiger partial charge in [0.1, 0.15) is 0 Å². The van der Waals surface area contributed by atoms with Crippen LogP contribution in [0, 0.1) is 0 Å². The molecule has 11 heavy (non-hydrogen) atoms. The zero-order chi connectivity index (χ0) is 8.10. The standard InChI is InChI=1S/C8H17NO2/c1-7-5-8(6-9-7)11-4-3-10-2/h7-9H,3-6H2,1-2H3/t7-,8+/m0/s1. The molecular weight excluding hydrogens is 142 g/mol. The van der Waals surface area contributed by atoms with Crippen molar-refractivity contribution in [3.05, 3.63) is 0 Å². The highest BCUT2D eigenvalue weighted by Gasteiger charge is 2.20. The molecule has 66 valence electrons. The zero-order valence-electron chi connectivity index (χ0n) is 7.30. The second-order valence-corrected chi connectivity index (χ2v) is 3.03. The number of rotatable bonds is 4. The smallest absolute Gasteiger partial charge is 0.0715 e. The van der Waals surface area contributed by atoms with Crippen molar-refractivity contribution in [3.63, 3.8) is 0 Å². The summed E-state index contributed by atoms with van der Waals surface area (Å²) in [5.41, 5.74) is 0. The molecule has 0 radical (unpaired) electrons. The van der Waals surface area contributed by atoms with Crippen LogP contribution >= 0.6 is 0 Å². The highest BCUT2D eigenvalue weighted by atomic mass is 16.5. The van der Waals surface area contributed by atoms with Gasteiger partial charge in [-0.15, -0.1) is 0 Å². The lowest BCUT2D eigenvalue weighted by Crippen LogP contribution is -2.19. The molecule has 0 spiro atoms. The molecule has 0 aliphatic carbocycles. The van der Waals surface area contributed by atoms with Crippen molar-refractivity contribution in [2.45, 2.75) is 25.5 Å². The molecule has 1 fully saturated rings. The van der Waals surface area contributed by atoms with E-state index in [1.54, 1.807) is 7.11 Å². The predicted octanol–water partition coefficient (Wildman–Crippen LogP) is 0.400. The average Bonchev–Trinajstić information content (AvgIpc) is 2.37. The summed E-state index contributed by atoms with van der Waals surface area (Å²) in [5, 5.41) is 3.33. The first-order chi connectivity index (χ1) is 5.33. The van der Waals surface area contributed by atoms with Gasteiger partial charge in [-0.05, 0) is 13.3 Å². The van der Waals surface area contributed by atoms with Crippen molar-refractivity contribution in [2.75, 3.05) is 26.9 Å². The van der Waals surface area contributed by atoms with Gasteiger partial charge in [0.25, 0.3) is 0 Å². The fourth-order valence-electron chi connectivity index (χ4n) is 1.32. The Morgan fingerprint density at radius 3 is 2.82 bits per heavy atom. The van der Waals surface area contributed by atoms with Crippen LogP contribution in [0.3, 0.4) is 0 Å². The van der Waals surface area contributed by atoms with E-state index in [4.69, 9.17) is 9.47 Å². The number of nitrogens with one attached hydrogen (secondary N) is 1. The first-order valence-corrected chi connectivity index (χ1v) is 4.17. The molecule has 0 aromatic heterocycles. The van der Waals surface area contributed by atoms with Gasteiger partial charge < -0.3 is 14.8 Å². The van der Waals surface area contributed by atoms with E-state index in [1.165, 1.54) is 0 Å². The Morgan fingerprint density at radius 2 is 2.27 bits per heavy atom. The summed E-state index contributed by atoms with van der Waals surface area (Å²) in [5.74, 6) is 0. The van der Waals surface area contributed by atoms with E-state index >= 15 is 0 Å². The largest absolute Gasteiger partial charge is 0.382 e. The van der Waals surface area contributed by atoms with Crippen molar-refractivity contribution in [1.29, 1.82) is 0 Å². The third kappa shape index (κ3) is 3.18. The maximum atomic E-state index is 5.53. The minimum atomic E-state index is 0.403. The minimum absolute atomic E-state index is 0.403. The van der Waals surface area contributed by atoms with Crippen LogP contribution in [-0.4, -0.2) is 39.0 Å². The van der Waals surface area contributed by atoms with E-state index in [0.717, 1.165) is 19.6 Å². The Kier molecular flexibility index (Phi) is 3.83. The Morgan fingerprint density at radius 1 is 1.45 bits per heavy atom. The van der Waals surface area contributed by atoms with E-state index < -0.39 is 0 Å². The van der Waals surface area contributed by atoms with Gasteiger partial charge in [0, 0.05) is 19.7 Å². The minimum Gasteiger partial charge on any atom is -0.382 e. The van der Waals surface area contributed by atoms with Crippen LogP contribution in [0.1, 0.15) is 13.3 Å². The lowest BCUT2D eigenvalue weighted by atomic mass is 10.2. The third-order valence-corrected chi connectivity index (χ3v) is 1.95. The molecule has 0 bridgehead atoms. The van der Waals surface area contributed by atoms with Crippen molar-refractivity contribution < 1.29 is 9.47 Å². The first kappa shape index (κ1) is 8.97. The van der Waals surface area contributed by atoms with Crippen LogP contribution in [0.2, 0.25) is 0 Å². The predicted molar refractivity (Wildman–Crippen MR) is 43.7 cm³/mol. The van der Waals surface area contributed by atoms with Crippen LogP contribution < -0.4 is 5.32 Å². The topological polar surface area (TPSA) is 30.5 Å². The third-order valence-electron chi connectivity index (χ3n) is 1.95. The van der Waals surface area contributed by atoms with Gasteiger partial charge in [0.15, 0.2) is 0 Å². The first-order valence-electron chi connectivity index (χ1n) is 4.17. The second-order valence-electron chi connectivity index (χ2n) is 3.03. The molecule has 1 aliphatic rings. The molecule has 0 aromatic carbocycles. The summed E-state index contributed by atoms with van der Waals surface area (Å²) >= 11 is 0. The van der Waals surface area contributed by atoms with Crippen LogP contribution in [0.5, 0.6) is 0 Å². The van der Waals surface area contributed by atoms with Crippen molar-refractivity contribution in [3.8, 4) is 0 Å². The highest BCUT2D eigenvalue weighted by Crippen LogP contribution is 2.08. The summed E-state index contributed by atoms with van der Waals surface area (Å²) in [6.07, 6.45) is 1.53. The lowest BCUT2D eigenvalue weighted by Gasteiger charge is -2.09. The van der Waals surface area contributed by atoms with Crippen LogP contribution in [-0.2, 0) is 9.47 Å². The summed E-state index contributed by atoms with van der Waals surface area (Å²) in [7, 11) is 1.69. The Balaban J connectivity index is 1.99. The van der Waals surface area contributed by atoms with Crippen LogP contribution in [0.4, 0.5) is 0 Å². The van der Waals surface area contributed by atoms with Crippen molar-refractivity contribution in [1.82, 2.24) is 5.32 Å². The summed E-state index contributed by atoms with van der Waals surface area (Å²) in [6.45, 7) is 4.59. The van der Waals surface area contributed by atoms with Gasteiger partial charge in [-0.1, -0.05) is 0 Å². The molecule has 0 unspecified atom stereocenters. The molecular formula is C8H17NO2. The maximum absolute atomic E-state index is 5.53. The van der Waals surface area contributed by atoms with E-state index in [0.29, 0.717) is 18.8 Å². The average molecular weight is 159 g/mol. The number of hydrogen-bond donors (Lipinski definition) is 1. The van der Waals surface area contributed by atoms with Gasteiger partial charge in [0.2, 0.25) is 0 Å². The number of hydrogen-bond acceptors (Lipinski definition) is 3. The Bertz CT molecular complexity index is 108. The second kappa shape index (κ2) is 4.70. The molecule has 3 heteroatoms. The molecule has 2 atom stereocenters. The van der Waals surface area contributed by atoms with Gasteiger partial charge >= 0.3 is 0 Å². The van der Waals surface area contributed by atoms with Gasteiger partial charge in [-0.25, -0.2) is 0 Å². The number of methoxy groups -OCH3 is 1. The summed E-state index contributed by atoms with van der Waals surface area (Å²) < 4.78 is 10.4. The molecule has 0 aromatic rings. The van der Waals surface area contributed by atoms with Crippen molar-refractivity contribution in [2.24, 2.45) is 0 Å². The fourth-order valence-corrected chi connectivity index (χ4v) is 1.32. The molecule has 1 aliphatic heterocycles. The van der Waals surface area contributed by atoms with Gasteiger partial charge in [-0.3, -0.25) is 0 Å². The summed E-state index contributed by atoms with van der Waals surface area (Å²) in [6, 6.07) is 0.613.